The zero-order valence-corrected chi connectivity index (χ0v) is 19.1. The number of rotatable bonds is 6. The number of hydrogen-bond acceptors (Lipinski definition) is 7. The molecule has 0 unspecified atom stereocenters. The van der Waals surface area contributed by atoms with Gasteiger partial charge in [0.15, 0.2) is 16.6 Å². The largest absolute Gasteiger partial charge is 0.480 e. The van der Waals surface area contributed by atoms with Crippen molar-refractivity contribution in [2.24, 2.45) is 0 Å². The Kier molecular flexibility index (Phi) is 5.45. The first-order valence-corrected chi connectivity index (χ1v) is 11.7. The smallest absolute Gasteiger partial charge is 0.326 e. The van der Waals surface area contributed by atoms with Gasteiger partial charge < -0.3 is 14.9 Å². The van der Waals surface area contributed by atoms with Gasteiger partial charge in [-0.1, -0.05) is 6.92 Å². The summed E-state index contributed by atoms with van der Waals surface area (Å²) in [6.45, 7) is 2.69. The van der Waals surface area contributed by atoms with E-state index in [2.05, 4.69) is 0 Å². The van der Waals surface area contributed by atoms with E-state index in [4.69, 9.17) is 15.1 Å². The fourth-order valence-corrected chi connectivity index (χ4v) is 5.04. The number of aromatic nitrogens is 4. The maximum absolute atomic E-state index is 13.3. The third-order valence-corrected chi connectivity index (χ3v) is 6.83. The van der Waals surface area contributed by atoms with Gasteiger partial charge in [0.05, 0.1) is 11.4 Å². The molecule has 33 heavy (non-hydrogen) atoms. The van der Waals surface area contributed by atoms with Gasteiger partial charge in [0.1, 0.15) is 17.7 Å². The van der Waals surface area contributed by atoms with Crippen LogP contribution in [0.3, 0.4) is 0 Å². The Balaban J connectivity index is 1.54. The standard InChI is InChI=1S/C23H23FN6O2S/c1-3-16-21(28(2)23-26-17(13-33-23)14-6-8-15(24)9-7-14)30-19(25-16)10-11-20(27-30)29-12-4-5-18(29)22(31)32/h6-11,13,18H,3-5,12H2,1-2H3,(H,31,32)/t18-/m0/s1. The average molecular weight is 467 g/mol. The van der Waals surface area contributed by atoms with E-state index in [-0.39, 0.29) is 5.82 Å². The van der Waals surface area contributed by atoms with E-state index in [0.717, 1.165) is 34.3 Å². The average Bonchev–Trinajstić information content (AvgIpc) is 3.56. The lowest BCUT2D eigenvalue weighted by atomic mass is 10.2. The van der Waals surface area contributed by atoms with Crippen LogP contribution >= 0.6 is 11.3 Å². The second kappa shape index (κ2) is 8.43. The highest BCUT2D eigenvalue weighted by Crippen LogP contribution is 2.34. The SMILES string of the molecule is CCc1nc2ccc(N3CCC[C@H]3C(=O)O)nn2c1N(C)c1nc(-c2ccc(F)cc2)cs1. The summed E-state index contributed by atoms with van der Waals surface area (Å²) in [5.41, 5.74) is 3.18. The Bertz CT molecular complexity index is 1320. The molecular weight excluding hydrogens is 443 g/mol. The second-order valence-corrected chi connectivity index (χ2v) is 8.80. The van der Waals surface area contributed by atoms with Crippen molar-refractivity contribution in [1.82, 2.24) is 19.6 Å². The van der Waals surface area contributed by atoms with Crippen molar-refractivity contribution in [2.45, 2.75) is 32.2 Å². The Morgan fingerprint density at radius 1 is 1.24 bits per heavy atom. The van der Waals surface area contributed by atoms with Crippen molar-refractivity contribution in [3.8, 4) is 11.3 Å². The molecule has 0 bridgehead atoms. The predicted octanol–water partition coefficient (Wildman–Crippen LogP) is 4.38. The molecule has 1 N–H and O–H groups in total. The fourth-order valence-electron chi connectivity index (χ4n) is 4.24. The van der Waals surface area contributed by atoms with Crippen molar-refractivity contribution >= 4 is 39.7 Å². The molecule has 8 nitrogen and oxygen atoms in total. The fraction of sp³-hybridized carbons (Fsp3) is 0.304. The summed E-state index contributed by atoms with van der Waals surface area (Å²) in [5.74, 6) is 0.297. The van der Waals surface area contributed by atoms with E-state index in [1.165, 1.54) is 23.5 Å². The van der Waals surface area contributed by atoms with E-state index < -0.39 is 12.0 Å². The minimum atomic E-state index is -0.831. The number of benzene rings is 1. The molecule has 1 saturated heterocycles. The molecule has 1 fully saturated rings. The molecule has 3 aromatic heterocycles. The summed E-state index contributed by atoms with van der Waals surface area (Å²) >= 11 is 1.48. The number of nitrogens with zero attached hydrogens (tertiary/aromatic N) is 6. The molecule has 0 saturated carbocycles. The molecule has 5 rings (SSSR count). The number of halogens is 1. The number of carboxylic acid groups (broad SMARTS) is 1. The number of thiazole rings is 1. The highest BCUT2D eigenvalue weighted by Gasteiger charge is 2.32. The number of carbonyl (C=O) groups is 1. The van der Waals surface area contributed by atoms with E-state index in [1.807, 2.05) is 41.3 Å². The first-order valence-electron chi connectivity index (χ1n) is 10.8. The summed E-state index contributed by atoms with van der Waals surface area (Å²) in [5, 5.41) is 17.1. The highest BCUT2D eigenvalue weighted by atomic mass is 32.1. The second-order valence-electron chi connectivity index (χ2n) is 7.97. The molecular formula is C23H23FN6O2S. The summed E-state index contributed by atoms with van der Waals surface area (Å²) in [6.07, 6.45) is 2.13. The van der Waals surface area contributed by atoms with Crippen LogP contribution in [-0.4, -0.2) is 50.3 Å². The van der Waals surface area contributed by atoms with Gasteiger partial charge in [-0.15, -0.1) is 16.4 Å². The zero-order chi connectivity index (χ0) is 23.1. The van der Waals surface area contributed by atoms with Gasteiger partial charge >= 0.3 is 5.97 Å². The summed E-state index contributed by atoms with van der Waals surface area (Å²) in [7, 11) is 1.92. The van der Waals surface area contributed by atoms with Gasteiger partial charge in [0, 0.05) is 24.5 Å². The normalized spacial score (nSPS) is 16.0. The zero-order valence-electron chi connectivity index (χ0n) is 18.3. The maximum atomic E-state index is 13.3. The van der Waals surface area contributed by atoms with Crippen molar-refractivity contribution in [3.63, 3.8) is 0 Å². The van der Waals surface area contributed by atoms with Crippen molar-refractivity contribution in [2.75, 3.05) is 23.4 Å². The quantitative estimate of drug-likeness (QED) is 0.451. The molecule has 0 aliphatic carbocycles. The van der Waals surface area contributed by atoms with Gasteiger partial charge in [-0.2, -0.15) is 4.52 Å². The van der Waals surface area contributed by atoms with E-state index in [9.17, 15) is 14.3 Å². The Morgan fingerprint density at radius 3 is 2.76 bits per heavy atom. The molecule has 4 heterocycles. The van der Waals surface area contributed by atoms with Crippen molar-refractivity contribution < 1.29 is 14.3 Å². The highest BCUT2D eigenvalue weighted by molar-refractivity contribution is 7.14. The van der Waals surface area contributed by atoms with Crippen LogP contribution in [0.5, 0.6) is 0 Å². The lowest BCUT2D eigenvalue weighted by Gasteiger charge is -2.23. The van der Waals surface area contributed by atoms with Crippen molar-refractivity contribution in [3.05, 3.63) is 53.3 Å². The first-order chi connectivity index (χ1) is 16.0. The number of aliphatic carboxylic acids is 1. The van der Waals surface area contributed by atoms with Crippen molar-refractivity contribution in [1.29, 1.82) is 0 Å². The van der Waals surface area contributed by atoms with Gasteiger partial charge in [-0.3, -0.25) is 0 Å². The molecule has 4 aromatic rings. The third kappa shape index (κ3) is 3.80. The molecule has 1 aliphatic rings. The van der Waals surface area contributed by atoms with Crippen LogP contribution in [0.1, 0.15) is 25.5 Å². The summed E-state index contributed by atoms with van der Waals surface area (Å²) in [4.78, 5) is 24.9. The Morgan fingerprint density at radius 2 is 2.03 bits per heavy atom. The van der Waals surface area contributed by atoms with Crippen LogP contribution in [0.25, 0.3) is 16.9 Å². The summed E-state index contributed by atoms with van der Waals surface area (Å²) in [6, 6.07) is 9.41. The number of anilines is 3. The summed E-state index contributed by atoms with van der Waals surface area (Å²) < 4.78 is 15.1. The topological polar surface area (TPSA) is 86.9 Å². The molecule has 1 aromatic carbocycles. The van der Waals surface area contributed by atoms with Crippen LogP contribution in [0.2, 0.25) is 0 Å². The molecule has 0 radical (unpaired) electrons. The first kappa shape index (κ1) is 21.3. The van der Waals surface area contributed by atoms with Crippen LogP contribution in [-0.2, 0) is 11.2 Å². The monoisotopic (exact) mass is 466 g/mol. The minimum absolute atomic E-state index is 0.283. The van der Waals surface area contributed by atoms with Crippen LogP contribution in [0, 0.1) is 5.82 Å². The number of imidazole rings is 1. The lowest BCUT2D eigenvalue weighted by molar-refractivity contribution is -0.138. The molecule has 170 valence electrons. The molecule has 0 spiro atoms. The van der Waals surface area contributed by atoms with Gasteiger partial charge in [0.2, 0.25) is 0 Å². The third-order valence-electron chi connectivity index (χ3n) is 5.91. The van der Waals surface area contributed by atoms with Gasteiger partial charge in [-0.05, 0) is 55.7 Å². The number of fused-ring (bicyclic) bond motifs is 1. The number of aryl methyl sites for hydroxylation is 1. The predicted molar refractivity (Wildman–Crippen MR) is 126 cm³/mol. The Labute approximate surface area is 193 Å². The molecule has 0 amide bonds. The van der Waals surface area contributed by atoms with E-state index >= 15 is 0 Å². The minimum Gasteiger partial charge on any atom is -0.480 e. The van der Waals surface area contributed by atoms with Gasteiger partial charge in [-0.25, -0.2) is 19.2 Å². The van der Waals surface area contributed by atoms with E-state index in [0.29, 0.717) is 30.9 Å². The molecule has 1 atom stereocenters. The number of carboxylic acids is 1. The van der Waals surface area contributed by atoms with Crippen LogP contribution in [0.4, 0.5) is 21.2 Å². The maximum Gasteiger partial charge on any atom is 0.326 e. The van der Waals surface area contributed by atoms with Gasteiger partial charge in [0.25, 0.3) is 0 Å². The lowest BCUT2D eigenvalue weighted by Crippen LogP contribution is -2.36. The number of hydrogen-bond donors (Lipinski definition) is 1. The molecule has 10 heteroatoms. The van der Waals surface area contributed by atoms with Crippen LogP contribution < -0.4 is 9.80 Å². The molecule has 1 aliphatic heterocycles. The van der Waals surface area contributed by atoms with E-state index in [1.54, 1.807) is 16.6 Å². The Hall–Kier alpha value is -3.53. The van der Waals surface area contributed by atoms with Crippen LogP contribution in [0.15, 0.2) is 41.8 Å².